The first-order valence-corrected chi connectivity index (χ1v) is 5.77. The van der Waals surface area contributed by atoms with Crippen molar-refractivity contribution in [1.29, 1.82) is 0 Å². The van der Waals surface area contributed by atoms with Gasteiger partial charge in [-0.3, -0.25) is 4.79 Å². The van der Waals surface area contributed by atoms with Crippen LogP contribution in [-0.2, 0) is 16.2 Å². The zero-order chi connectivity index (χ0) is 12.7. The summed E-state index contributed by atoms with van der Waals surface area (Å²) in [5.41, 5.74) is 2.70. The Hall–Kier alpha value is -1.33. The minimum absolute atomic E-state index is 0.120. The maximum Gasteiger partial charge on any atom is 0.239 e. The Kier molecular flexibility index (Phi) is 5.72. The number of hydrogen-bond acceptors (Lipinski definition) is 4. The van der Waals surface area contributed by atoms with Crippen molar-refractivity contribution in [2.75, 3.05) is 6.61 Å². The lowest BCUT2D eigenvalue weighted by Crippen LogP contribution is -2.42. The average molecular weight is 240 g/mol. The summed E-state index contributed by atoms with van der Waals surface area (Å²) in [4.78, 5) is 16.8. The Balaban J connectivity index is 2.18. The lowest BCUT2D eigenvalue weighted by atomic mass is 10.2. The van der Waals surface area contributed by atoms with Crippen molar-refractivity contribution >= 4 is 5.91 Å². The van der Waals surface area contributed by atoms with E-state index in [2.05, 4.69) is 10.8 Å². The van der Waals surface area contributed by atoms with E-state index in [1.807, 2.05) is 19.9 Å². The van der Waals surface area contributed by atoms with Gasteiger partial charge in [-0.1, -0.05) is 13.8 Å². The van der Waals surface area contributed by atoms with Gasteiger partial charge in [0.15, 0.2) is 0 Å². The van der Waals surface area contributed by atoms with E-state index in [-0.39, 0.29) is 11.9 Å². The van der Waals surface area contributed by atoms with Gasteiger partial charge in [0, 0.05) is 0 Å². The Morgan fingerprint density at radius 3 is 2.82 bits per heavy atom. The SMILES string of the molecule is CC(C)CONC(C)C(=O)NCc1ccco1. The second kappa shape index (κ2) is 7.09. The van der Waals surface area contributed by atoms with Gasteiger partial charge in [0.25, 0.3) is 0 Å². The number of hydroxylamine groups is 1. The van der Waals surface area contributed by atoms with Gasteiger partial charge in [-0.25, -0.2) is 0 Å². The summed E-state index contributed by atoms with van der Waals surface area (Å²) in [6, 6.07) is 3.21. The summed E-state index contributed by atoms with van der Waals surface area (Å²) in [6.45, 7) is 6.81. The van der Waals surface area contributed by atoms with Crippen LogP contribution >= 0.6 is 0 Å². The number of amides is 1. The quantitative estimate of drug-likeness (QED) is 0.708. The van der Waals surface area contributed by atoms with Gasteiger partial charge in [-0.2, -0.15) is 5.48 Å². The number of hydrogen-bond donors (Lipinski definition) is 2. The predicted octanol–water partition coefficient (Wildman–Crippen LogP) is 1.46. The van der Waals surface area contributed by atoms with Gasteiger partial charge in [0.1, 0.15) is 11.8 Å². The van der Waals surface area contributed by atoms with Crippen LogP contribution in [0.25, 0.3) is 0 Å². The predicted molar refractivity (Wildman–Crippen MR) is 63.9 cm³/mol. The number of rotatable bonds is 7. The first-order chi connectivity index (χ1) is 8.09. The molecule has 0 aliphatic carbocycles. The van der Waals surface area contributed by atoms with Crippen LogP contribution in [0.1, 0.15) is 26.5 Å². The second-order valence-corrected chi connectivity index (χ2v) is 4.34. The third-order valence-electron chi connectivity index (χ3n) is 2.09. The van der Waals surface area contributed by atoms with Crippen LogP contribution in [0.5, 0.6) is 0 Å². The molecular formula is C12H20N2O3. The Morgan fingerprint density at radius 2 is 2.24 bits per heavy atom. The largest absolute Gasteiger partial charge is 0.467 e. The van der Waals surface area contributed by atoms with Crippen LogP contribution in [0.3, 0.4) is 0 Å². The summed E-state index contributed by atoms with van der Waals surface area (Å²) < 4.78 is 5.11. The third-order valence-corrected chi connectivity index (χ3v) is 2.09. The van der Waals surface area contributed by atoms with Crippen LogP contribution in [0.4, 0.5) is 0 Å². The molecule has 1 aromatic rings. The lowest BCUT2D eigenvalue weighted by Gasteiger charge is -2.14. The van der Waals surface area contributed by atoms with E-state index in [1.165, 1.54) is 0 Å². The Bertz CT molecular complexity index is 323. The molecule has 0 bridgehead atoms. The molecule has 0 saturated carbocycles. The summed E-state index contributed by atoms with van der Waals surface area (Å²) in [5, 5.41) is 2.75. The minimum Gasteiger partial charge on any atom is -0.467 e. The molecule has 1 heterocycles. The molecule has 2 N–H and O–H groups in total. The standard InChI is InChI=1S/C12H20N2O3/c1-9(2)8-17-14-10(3)12(15)13-7-11-5-4-6-16-11/h4-6,9-10,14H,7-8H2,1-3H3,(H,13,15). The van der Waals surface area contributed by atoms with Crippen molar-refractivity contribution in [2.24, 2.45) is 5.92 Å². The molecule has 0 fully saturated rings. The first kappa shape index (κ1) is 13.7. The fourth-order valence-corrected chi connectivity index (χ4v) is 1.13. The fourth-order valence-electron chi connectivity index (χ4n) is 1.13. The maximum absolute atomic E-state index is 11.6. The third kappa shape index (κ3) is 5.51. The molecule has 17 heavy (non-hydrogen) atoms. The van der Waals surface area contributed by atoms with E-state index in [1.54, 1.807) is 19.3 Å². The van der Waals surface area contributed by atoms with Gasteiger partial charge in [0.2, 0.25) is 5.91 Å². The van der Waals surface area contributed by atoms with Gasteiger partial charge < -0.3 is 14.6 Å². The van der Waals surface area contributed by atoms with E-state index < -0.39 is 0 Å². The molecule has 0 aliphatic rings. The van der Waals surface area contributed by atoms with E-state index >= 15 is 0 Å². The highest BCUT2D eigenvalue weighted by Gasteiger charge is 2.12. The minimum atomic E-state index is -0.385. The van der Waals surface area contributed by atoms with Crippen LogP contribution < -0.4 is 10.8 Å². The zero-order valence-electron chi connectivity index (χ0n) is 10.5. The molecule has 0 aromatic carbocycles. The van der Waals surface area contributed by atoms with E-state index in [9.17, 15) is 4.79 Å². The van der Waals surface area contributed by atoms with Crippen LogP contribution in [0, 0.1) is 5.92 Å². The van der Waals surface area contributed by atoms with Crippen LogP contribution in [0.2, 0.25) is 0 Å². The molecule has 96 valence electrons. The van der Waals surface area contributed by atoms with Crippen molar-refractivity contribution in [3.63, 3.8) is 0 Å². The number of furan rings is 1. The van der Waals surface area contributed by atoms with Crippen LogP contribution in [0.15, 0.2) is 22.8 Å². The topological polar surface area (TPSA) is 63.5 Å². The highest BCUT2D eigenvalue weighted by atomic mass is 16.6. The van der Waals surface area contributed by atoms with Gasteiger partial charge >= 0.3 is 0 Å². The molecule has 5 heteroatoms. The molecule has 0 saturated heterocycles. The summed E-state index contributed by atoms with van der Waals surface area (Å²) in [6.07, 6.45) is 1.58. The van der Waals surface area contributed by atoms with E-state index in [0.29, 0.717) is 19.1 Å². The summed E-state index contributed by atoms with van der Waals surface area (Å²) in [5.74, 6) is 1.04. The molecule has 1 rings (SSSR count). The second-order valence-electron chi connectivity index (χ2n) is 4.34. The number of nitrogens with one attached hydrogen (secondary N) is 2. The molecule has 5 nitrogen and oxygen atoms in total. The lowest BCUT2D eigenvalue weighted by molar-refractivity contribution is -0.127. The van der Waals surface area contributed by atoms with Gasteiger partial charge in [-0.15, -0.1) is 0 Å². The maximum atomic E-state index is 11.6. The van der Waals surface area contributed by atoms with Gasteiger partial charge in [0.05, 0.1) is 19.4 Å². The van der Waals surface area contributed by atoms with Crippen molar-refractivity contribution in [3.05, 3.63) is 24.2 Å². The average Bonchev–Trinajstić information content (AvgIpc) is 2.78. The number of carbonyl (C=O) groups is 1. The van der Waals surface area contributed by atoms with Crippen molar-refractivity contribution < 1.29 is 14.0 Å². The summed E-state index contributed by atoms with van der Waals surface area (Å²) in [7, 11) is 0. The van der Waals surface area contributed by atoms with E-state index in [4.69, 9.17) is 9.25 Å². The van der Waals surface area contributed by atoms with E-state index in [0.717, 1.165) is 5.76 Å². The molecular weight excluding hydrogens is 220 g/mol. The molecule has 1 unspecified atom stereocenters. The van der Waals surface area contributed by atoms with Crippen molar-refractivity contribution in [3.8, 4) is 0 Å². The molecule has 0 spiro atoms. The molecule has 0 radical (unpaired) electrons. The Morgan fingerprint density at radius 1 is 1.47 bits per heavy atom. The normalized spacial score (nSPS) is 12.7. The first-order valence-electron chi connectivity index (χ1n) is 5.77. The molecule has 1 atom stereocenters. The molecule has 1 amide bonds. The molecule has 0 aliphatic heterocycles. The number of carbonyl (C=O) groups excluding carboxylic acids is 1. The Labute approximate surface area is 101 Å². The molecule has 1 aromatic heterocycles. The fraction of sp³-hybridized carbons (Fsp3) is 0.583. The van der Waals surface area contributed by atoms with Crippen molar-refractivity contribution in [1.82, 2.24) is 10.8 Å². The smallest absolute Gasteiger partial charge is 0.239 e. The zero-order valence-corrected chi connectivity index (χ0v) is 10.5. The van der Waals surface area contributed by atoms with Crippen LogP contribution in [-0.4, -0.2) is 18.6 Å². The monoisotopic (exact) mass is 240 g/mol. The highest BCUT2D eigenvalue weighted by molar-refractivity contribution is 5.80. The van der Waals surface area contributed by atoms with Gasteiger partial charge in [-0.05, 0) is 25.0 Å². The highest BCUT2D eigenvalue weighted by Crippen LogP contribution is 1.98. The van der Waals surface area contributed by atoms with Crippen molar-refractivity contribution in [2.45, 2.75) is 33.4 Å². The summed E-state index contributed by atoms with van der Waals surface area (Å²) >= 11 is 0.